The molecule has 1 fully saturated rings. The SMILES string of the molecule is CCCCCCCC/C=C\CCCCCCC(CC1CO1)C(C)(C)N. The zero-order valence-corrected chi connectivity index (χ0v) is 17.4. The van der Waals surface area contributed by atoms with E-state index in [2.05, 4.69) is 32.9 Å². The zero-order valence-electron chi connectivity index (χ0n) is 17.4. The van der Waals surface area contributed by atoms with E-state index in [9.17, 15) is 0 Å². The number of nitrogens with two attached hydrogens (primary N) is 1. The molecule has 2 unspecified atom stereocenters. The van der Waals surface area contributed by atoms with E-state index in [4.69, 9.17) is 10.5 Å². The third-order valence-corrected chi connectivity index (χ3v) is 5.57. The lowest BCUT2D eigenvalue weighted by Crippen LogP contribution is -2.41. The summed E-state index contributed by atoms with van der Waals surface area (Å²) in [4.78, 5) is 0. The lowest BCUT2D eigenvalue weighted by molar-refractivity contribution is 0.246. The molecule has 1 heterocycles. The van der Waals surface area contributed by atoms with Gasteiger partial charge >= 0.3 is 0 Å². The Morgan fingerprint density at radius 2 is 1.44 bits per heavy atom. The van der Waals surface area contributed by atoms with Crippen molar-refractivity contribution in [3.63, 3.8) is 0 Å². The number of ether oxygens (including phenoxy) is 1. The van der Waals surface area contributed by atoms with Crippen LogP contribution in [0.3, 0.4) is 0 Å². The van der Waals surface area contributed by atoms with Crippen LogP contribution in [0.1, 0.15) is 111 Å². The van der Waals surface area contributed by atoms with Gasteiger partial charge in [0.1, 0.15) is 0 Å². The van der Waals surface area contributed by atoms with Crippen molar-refractivity contribution < 1.29 is 4.74 Å². The van der Waals surface area contributed by atoms with Crippen molar-refractivity contribution in [3.8, 4) is 0 Å². The van der Waals surface area contributed by atoms with Gasteiger partial charge in [-0.1, -0.05) is 70.4 Å². The maximum absolute atomic E-state index is 6.35. The number of epoxide rings is 1. The average molecular weight is 352 g/mol. The van der Waals surface area contributed by atoms with Crippen LogP contribution in [-0.4, -0.2) is 18.2 Å². The van der Waals surface area contributed by atoms with Crippen molar-refractivity contribution in [3.05, 3.63) is 12.2 Å². The summed E-state index contributed by atoms with van der Waals surface area (Å²) in [5.41, 5.74) is 6.28. The molecule has 0 bridgehead atoms. The predicted molar refractivity (Wildman–Crippen MR) is 111 cm³/mol. The maximum atomic E-state index is 6.35. The fourth-order valence-electron chi connectivity index (χ4n) is 3.60. The van der Waals surface area contributed by atoms with Crippen LogP contribution in [0.25, 0.3) is 0 Å². The van der Waals surface area contributed by atoms with E-state index >= 15 is 0 Å². The third-order valence-electron chi connectivity index (χ3n) is 5.57. The summed E-state index contributed by atoms with van der Waals surface area (Å²) in [5, 5.41) is 0. The minimum atomic E-state index is -0.0643. The Kier molecular flexibility index (Phi) is 12.5. The molecule has 0 aromatic heterocycles. The Labute approximate surface area is 158 Å². The molecule has 0 aromatic rings. The first-order valence-electron chi connectivity index (χ1n) is 11.1. The molecule has 0 aliphatic carbocycles. The van der Waals surface area contributed by atoms with Gasteiger partial charge in [-0.15, -0.1) is 0 Å². The van der Waals surface area contributed by atoms with E-state index < -0.39 is 0 Å². The van der Waals surface area contributed by atoms with Gasteiger partial charge in [-0.3, -0.25) is 0 Å². The van der Waals surface area contributed by atoms with Gasteiger partial charge in [-0.25, -0.2) is 0 Å². The van der Waals surface area contributed by atoms with Gasteiger partial charge < -0.3 is 10.5 Å². The van der Waals surface area contributed by atoms with Crippen molar-refractivity contribution >= 4 is 0 Å². The summed E-state index contributed by atoms with van der Waals surface area (Å²) in [6.45, 7) is 7.59. The van der Waals surface area contributed by atoms with Gasteiger partial charge in [0.25, 0.3) is 0 Å². The van der Waals surface area contributed by atoms with Crippen molar-refractivity contribution in [2.24, 2.45) is 11.7 Å². The molecule has 1 aliphatic rings. The first-order chi connectivity index (χ1) is 12.0. The molecule has 0 saturated carbocycles. The second-order valence-electron chi connectivity index (χ2n) is 8.73. The lowest BCUT2D eigenvalue weighted by Gasteiger charge is -2.30. The second-order valence-corrected chi connectivity index (χ2v) is 8.73. The lowest BCUT2D eigenvalue weighted by atomic mass is 9.81. The van der Waals surface area contributed by atoms with Gasteiger partial charge in [0.15, 0.2) is 0 Å². The molecule has 1 rings (SSSR count). The quantitative estimate of drug-likeness (QED) is 0.178. The standard InChI is InChI=1S/C23H45NO/c1-4-5-6-7-8-9-10-11-12-13-14-15-16-17-18-21(23(2,3)24)19-22-20-25-22/h11-12,21-22H,4-10,13-20,24H2,1-3H3/b12-11-. The van der Waals surface area contributed by atoms with Gasteiger partial charge in [0.2, 0.25) is 0 Å². The fraction of sp³-hybridized carbons (Fsp3) is 0.913. The summed E-state index contributed by atoms with van der Waals surface area (Å²) in [7, 11) is 0. The molecule has 0 amide bonds. The van der Waals surface area contributed by atoms with Gasteiger partial charge in [-0.05, 0) is 58.3 Å². The maximum Gasteiger partial charge on any atom is 0.0813 e. The summed E-state index contributed by atoms with van der Waals surface area (Å²) in [6, 6.07) is 0. The Balaban J connectivity index is 1.89. The topological polar surface area (TPSA) is 38.5 Å². The molecule has 2 heteroatoms. The van der Waals surface area contributed by atoms with E-state index in [0.29, 0.717) is 12.0 Å². The molecule has 1 aliphatic heterocycles. The highest BCUT2D eigenvalue weighted by Crippen LogP contribution is 2.30. The van der Waals surface area contributed by atoms with Crippen LogP contribution >= 0.6 is 0 Å². The molecule has 2 nitrogen and oxygen atoms in total. The van der Waals surface area contributed by atoms with E-state index in [1.54, 1.807) is 0 Å². The van der Waals surface area contributed by atoms with Gasteiger partial charge in [0, 0.05) is 5.54 Å². The van der Waals surface area contributed by atoms with E-state index in [-0.39, 0.29) is 5.54 Å². The molecule has 0 aromatic carbocycles. The first-order valence-corrected chi connectivity index (χ1v) is 11.1. The fourth-order valence-corrected chi connectivity index (χ4v) is 3.60. The summed E-state index contributed by atoms with van der Waals surface area (Å²) in [6.07, 6.45) is 24.0. The molecular formula is C23H45NO. The Morgan fingerprint density at radius 3 is 1.96 bits per heavy atom. The normalized spacial score (nSPS) is 18.8. The summed E-state index contributed by atoms with van der Waals surface area (Å²) >= 11 is 0. The number of rotatable bonds is 17. The van der Waals surface area contributed by atoms with Crippen LogP contribution in [0.15, 0.2) is 12.2 Å². The number of hydrogen-bond donors (Lipinski definition) is 1. The van der Waals surface area contributed by atoms with Crippen LogP contribution in [0, 0.1) is 5.92 Å². The van der Waals surface area contributed by atoms with Crippen molar-refractivity contribution in [2.45, 2.75) is 122 Å². The minimum Gasteiger partial charge on any atom is -0.373 e. The molecule has 2 atom stereocenters. The predicted octanol–water partition coefficient (Wildman–Crippen LogP) is 6.78. The molecule has 148 valence electrons. The molecule has 0 radical (unpaired) electrons. The third kappa shape index (κ3) is 13.5. The van der Waals surface area contributed by atoms with E-state index in [1.165, 1.54) is 83.5 Å². The highest BCUT2D eigenvalue weighted by molar-refractivity contribution is 4.87. The van der Waals surface area contributed by atoms with Crippen LogP contribution in [0.5, 0.6) is 0 Å². The largest absolute Gasteiger partial charge is 0.373 e. The van der Waals surface area contributed by atoms with Crippen molar-refractivity contribution in [1.29, 1.82) is 0 Å². The van der Waals surface area contributed by atoms with Crippen LogP contribution in [-0.2, 0) is 4.74 Å². The van der Waals surface area contributed by atoms with Crippen LogP contribution in [0.2, 0.25) is 0 Å². The molecule has 25 heavy (non-hydrogen) atoms. The first kappa shape index (κ1) is 22.7. The number of allylic oxidation sites excluding steroid dienone is 2. The van der Waals surface area contributed by atoms with Crippen molar-refractivity contribution in [2.75, 3.05) is 6.61 Å². The van der Waals surface area contributed by atoms with Gasteiger partial charge in [-0.2, -0.15) is 0 Å². The summed E-state index contributed by atoms with van der Waals surface area (Å²) in [5.74, 6) is 0.609. The zero-order chi connectivity index (χ0) is 18.4. The van der Waals surface area contributed by atoms with E-state index in [1.807, 2.05) is 0 Å². The van der Waals surface area contributed by atoms with Crippen molar-refractivity contribution in [1.82, 2.24) is 0 Å². The highest BCUT2D eigenvalue weighted by atomic mass is 16.6. The smallest absolute Gasteiger partial charge is 0.0813 e. The monoisotopic (exact) mass is 351 g/mol. The second kappa shape index (κ2) is 13.8. The number of hydrogen-bond acceptors (Lipinski definition) is 2. The van der Waals surface area contributed by atoms with E-state index in [0.717, 1.165) is 13.0 Å². The molecule has 0 spiro atoms. The molecule has 2 N–H and O–H groups in total. The minimum absolute atomic E-state index is 0.0643. The molecular weight excluding hydrogens is 306 g/mol. The highest BCUT2D eigenvalue weighted by Gasteiger charge is 2.32. The molecule has 1 saturated heterocycles. The van der Waals surface area contributed by atoms with Crippen LogP contribution in [0.4, 0.5) is 0 Å². The summed E-state index contributed by atoms with van der Waals surface area (Å²) < 4.78 is 5.39. The average Bonchev–Trinajstić information content (AvgIpc) is 3.37. The van der Waals surface area contributed by atoms with Gasteiger partial charge in [0.05, 0.1) is 12.7 Å². The Bertz CT molecular complexity index is 327. The van der Waals surface area contributed by atoms with Crippen LogP contribution < -0.4 is 5.73 Å². The number of unbranched alkanes of at least 4 members (excludes halogenated alkanes) is 10. The Morgan fingerprint density at radius 1 is 0.920 bits per heavy atom. The Hall–Kier alpha value is -0.340.